The molecule has 0 heterocycles. The third-order valence-corrected chi connectivity index (χ3v) is 4.89. The second-order valence-corrected chi connectivity index (χ2v) is 7.21. The highest BCUT2D eigenvalue weighted by Gasteiger charge is 2.30. The summed E-state index contributed by atoms with van der Waals surface area (Å²) in [6.45, 7) is 1.52. The molecule has 0 spiro atoms. The van der Waals surface area contributed by atoms with Crippen molar-refractivity contribution in [1.82, 2.24) is 0 Å². The van der Waals surface area contributed by atoms with E-state index in [-0.39, 0.29) is 23.8 Å². The quantitative estimate of drug-likeness (QED) is 0.476. The number of benzene rings is 3. The zero-order valence-corrected chi connectivity index (χ0v) is 17.6. The van der Waals surface area contributed by atoms with Gasteiger partial charge in [0, 0.05) is 22.0 Å². The smallest absolute Gasteiger partial charge is 0.416 e. The predicted octanol–water partition coefficient (Wildman–Crippen LogP) is 5.94. The highest BCUT2D eigenvalue weighted by Crippen LogP contribution is 2.30. The Morgan fingerprint density at radius 1 is 0.969 bits per heavy atom. The molecule has 3 aromatic rings. The van der Waals surface area contributed by atoms with Crippen LogP contribution in [0.25, 0.3) is 0 Å². The Hall–Kier alpha value is -3.52. The summed E-state index contributed by atoms with van der Waals surface area (Å²) in [6, 6.07) is 15.4. The maximum atomic E-state index is 12.8. The number of halogens is 4. The average molecular weight is 463 g/mol. The van der Waals surface area contributed by atoms with Crippen molar-refractivity contribution in [3.05, 3.63) is 88.4 Å². The Morgan fingerprint density at radius 2 is 1.66 bits per heavy atom. The van der Waals surface area contributed by atoms with Gasteiger partial charge in [0.25, 0.3) is 11.8 Å². The Bertz CT molecular complexity index is 1130. The number of carbonyl (C=O) groups is 2. The first-order chi connectivity index (χ1) is 15.1. The zero-order chi connectivity index (χ0) is 23.3. The molecule has 32 heavy (non-hydrogen) atoms. The van der Waals surface area contributed by atoms with E-state index in [9.17, 15) is 22.8 Å². The first-order valence-corrected chi connectivity index (χ1v) is 9.78. The van der Waals surface area contributed by atoms with Gasteiger partial charge in [0.15, 0.2) is 6.61 Å². The normalized spacial score (nSPS) is 11.0. The summed E-state index contributed by atoms with van der Waals surface area (Å²) in [6.07, 6.45) is -4.50. The van der Waals surface area contributed by atoms with Gasteiger partial charge in [-0.2, -0.15) is 13.2 Å². The summed E-state index contributed by atoms with van der Waals surface area (Å²) in [5.74, 6) is -0.620. The second-order valence-electron chi connectivity index (χ2n) is 6.81. The van der Waals surface area contributed by atoms with Crippen LogP contribution in [0.2, 0.25) is 5.02 Å². The van der Waals surface area contributed by atoms with E-state index >= 15 is 0 Å². The number of nitrogens with one attached hydrogen (secondary N) is 2. The Balaban J connectivity index is 1.56. The average Bonchev–Trinajstić information content (AvgIpc) is 2.75. The molecule has 0 aliphatic heterocycles. The number of anilines is 2. The highest BCUT2D eigenvalue weighted by molar-refractivity contribution is 6.31. The van der Waals surface area contributed by atoms with Crippen LogP contribution in [-0.2, 0) is 11.0 Å². The molecule has 0 saturated heterocycles. The van der Waals surface area contributed by atoms with Gasteiger partial charge < -0.3 is 15.4 Å². The SMILES string of the molecule is Cc1c(Cl)cccc1NC(=O)COc1ccc(C(=O)Nc2cccc(C(F)(F)F)c2)cc1. The molecule has 2 amide bonds. The second kappa shape index (κ2) is 9.74. The van der Waals surface area contributed by atoms with Crippen LogP contribution < -0.4 is 15.4 Å². The van der Waals surface area contributed by atoms with Gasteiger partial charge in [0.1, 0.15) is 5.75 Å². The summed E-state index contributed by atoms with van der Waals surface area (Å²) in [7, 11) is 0. The fourth-order valence-electron chi connectivity index (χ4n) is 2.76. The molecular formula is C23H18ClF3N2O3. The Morgan fingerprint density at radius 3 is 2.34 bits per heavy atom. The van der Waals surface area contributed by atoms with Crippen LogP contribution in [0.4, 0.5) is 24.5 Å². The van der Waals surface area contributed by atoms with Crippen molar-refractivity contribution in [2.75, 3.05) is 17.2 Å². The molecule has 0 unspecified atom stereocenters. The van der Waals surface area contributed by atoms with Crippen molar-refractivity contribution in [1.29, 1.82) is 0 Å². The highest BCUT2D eigenvalue weighted by atomic mass is 35.5. The van der Waals surface area contributed by atoms with Crippen molar-refractivity contribution in [2.45, 2.75) is 13.1 Å². The van der Waals surface area contributed by atoms with Crippen molar-refractivity contribution in [2.24, 2.45) is 0 Å². The van der Waals surface area contributed by atoms with Crippen molar-refractivity contribution >= 4 is 34.8 Å². The van der Waals surface area contributed by atoms with Crippen LogP contribution in [0.5, 0.6) is 5.75 Å². The van der Waals surface area contributed by atoms with E-state index in [0.29, 0.717) is 16.5 Å². The lowest BCUT2D eigenvalue weighted by Gasteiger charge is -2.11. The molecular weight excluding hydrogens is 445 g/mol. The van der Waals surface area contributed by atoms with Gasteiger partial charge in [-0.1, -0.05) is 23.7 Å². The van der Waals surface area contributed by atoms with E-state index in [4.69, 9.17) is 16.3 Å². The zero-order valence-electron chi connectivity index (χ0n) is 16.8. The van der Waals surface area contributed by atoms with Gasteiger partial charge >= 0.3 is 6.18 Å². The molecule has 0 radical (unpaired) electrons. The molecule has 0 aliphatic carbocycles. The minimum absolute atomic E-state index is 0.0260. The molecule has 0 atom stereocenters. The standard InChI is InChI=1S/C23H18ClF3N2O3/c1-14-19(24)6-3-7-20(14)29-21(30)13-32-18-10-8-15(9-11-18)22(31)28-17-5-2-4-16(12-17)23(25,26)27/h2-12H,13H2,1H3,(H,28,31)(H,29,30). The Labute approximate surface area is 187 Å². The van der Waals surface area contributed by atoms with Crippen molar-refractivity contribution < 1.29 is 27.5 Å². The van der Waals surface area contributed by atoms with E-state index in [1.54, 1.807) is 25.1 Å². The van der Waals surface area contributed by atoms with Gasteiger partial charge in [-0.3, -0.25) is 9.59 Å². The summed E-state index contributed by atoms with van der Waals surface area (Å²) in [5, 5.41) is 5.65. The predicted molar refractivity (Wildman–Crippen MR) is 116 cm³/mol. The minimum Gasteiger partial charge on any atom is -0.484 e. The number of carbonyl (C=O) groups excluding carboxylic acids is 2. The molecule has 166 valence electrons. The summed E-state index contributed by atoms with van der Waals surface area (Å²) in [4.78, 5) is 24.4. The monoisotopic (exact) mass is 462 g/mol. The van der Waals surface area contributed by atoms with Crippen molar-refractivity contribution in [3.63, 3.8) is 0 Å². The number of hydrogen-bond acceptors (Lipinski definition) is 3. The maximum Gasteiger partial charge on any atom is 0.416 e. The Kier molecular flexibility index (Phi) is 7.05. The van der Waals surface area contributed by atoms with Crippen LogP contribution in [-0.4, -0.2) is 18.4 Å². The lowest BCUT2D eigenvalue weighted by molar-refractivity contribution is -0.137. The lowest BCUT2D eigenvalue weighted by atomic mass is 10.1. The largest absolute Gasteiger partial charge is 0.484 e. The van der Waals surface area contributed by atoms with Crippen LogP contribution in [0.1, 0.15) is 21.5 Å². The molecule has 2 N–H and O–H groups in total. The van der Waals surface area contributed by atoms with Gasteiger partial charge in [-0.25, -0.2) is 0 Å². The van der Waals surface area contributed by atoms with E-state index in [1.807, 2.05) is 0 Å². The number of hydrogen-bond donors (Lipinski definition) is 2. The van der Waals surface area contributed by atoms with E-state index < -0.39 is 17.6 Å². The first kappa shape index (κ1) is 23.1. The van der Waals surface area contributed by atoms with E-state index in [2.05, 4.69) is 10.6 Å². The fraction of sp³-hybridized carbons (Fsp3) is 0.130. The fourth-order valence-corrected chi connectivity index (χ4v) is 2.93. The lowest BCUT2D eigenvalue weighted by Crippen LogP contribution is -2.20. The van der Waals surface area contributed by atoms with Gasteiger partial charge in [-0.15, -0.1) is 0 Å². The third-order valence-electron chi connectivity index (χ3n) is 4.48. The topological polar surface area (TPSA) is 67.4 Å². The summed E-state index contributed by atoms with van der Waals surface area (Å²) >= 11 is 6.02. The van der Waals surface area contributed by atoms with Crippen LogP contribution in [0.3, 0.4) is 0 Å². The molecule has 0 fully saturated rings. The van der Waals surface area contributed by atoms with Gasteiger partial charge in [0.05, 0.1) is 5.56 Å². The number of amides is 2. The van der Waals surface area contributed by atoms with Crippen LogP contribution in [0.15, 0.2) is 66.7 Å². The van der Waals surface area contributed by atoms with Gasteiger partial charge in [0.2, 0.25) is 0 Å². The summed E-state index contributed by atoms with van der Waals surface area (Å²) < 4.78 is 43.8. The number of rotatable bonds is 6. The van der Waals surface area contributed by atoms with Crippen molar-refractivity contribution in [3.8, 4) is 5.75 Å². The molecule has 3 aromatic carbocycles. The number of alkyl halides is 3. The van der Waals surface area contributed by atoms with Crippen LogP contribution in [0, 0.1) is 6.92 Å². The minimum atomic E-state index is -4.50. The van der Waals surface area contributed by atoms with Gasteiger partial charge in [-0.05, 0) is 67.1 Å². The molecule has 0 saturated carbocycles. The molecule has 0 bridgehead atoms. The van der Waals surface area contributed by atoms with E-state index in [0.717, 1.165) is 17.7 Å². The van der Waals surface area contributed by atoms with E-state index in [1.165, 1.54) is 36.4 Å². The molecule has 9 heteroatoms. The molecule has 0 aromatic heterocycles. The maximum absolute atomic E-state index is 12.8. The first-order valence-electron chi connectivity index (χ1n) is 9.40. The molecule has 5 nitrogen and oxygen atoms in total. The summed E-state index contributed by atoms with van der Waals surface area (Å²) in [5.41, 5.74) is 0.698. The molecule has 0 aliphatic rings. The third kappa shape index (κ3) is 6.01. The number of ether oxygens (including phenoxy) is 1. The molecule has 3 rings (SSSR count). The van der Waals surface area contributed by atoms with Crippen LogP contribution >= 0.6 is 11.6 Å².